The highest BCUT2D eigenvalue weighted by Crippen LogP contribution is 2.18. The summed E-state index contributed by atoms with van der Waals surface area (Å²) in [4.78, 5) is 12.0. The molecule has 18 heavy (non-hydrogen) atoms. The van der Waals surface area contributed by atoms with E-state index in [1.165, 1.54) is 12.1 Å². The molecule has 0 unspecified atom stereocenters. The van der Waals surface area contributed by atoms with E-state index in [1.54, 1.807) is 24.3 Å². The van der Waals surface area contributed by atoms with Gasteiger partial charge in [0.1, 0.15) is 5.82 Å². The molecule has 2 aromatic carbocycles. The first kappa shape index (κ1) is 13.2. The van der Waals surface area contributed by atoms with Gasteiger partial charge in [-0.15, -0.1) is 0 Å². The Bertz CT molecular complexity index is 578. The quantitative estimate of drug-likeness (QED) is 0.749. The van der Waals surface area contributed by atoms with E-state index in [1.807, 2.05) is 6.07 Å². The molecule has 0 aliphatic rings. The number of hydrogen-bond donors (Lipinski definition) is 0. The van der Waals surface area contributed by atoms with Crippen molar-refractivity contribution in [2.24, 2.45) is 0 Å². The van der Waals surface area contributed by atoms with Gasteiger partial charge in [0.2, 0.25) is 0 Å². The minimum Gasteiger partial charge on any atom is -0.294 e. The monoisotopic (exact) mass is 326 g/mol. The zero-order chi connectivity index (χ0) is 13.1. The third-order valence-electron chi connectivity index (χ3n) is 2.44. The minimum absolute atomic E-state index is 0.141. The molecule has 0 amide bonds. The van der Waals surface area contributed by atoms with Crippen LogP contribution in [-0.4, -0.2) is 5.78 Å². The van der Waals surface area contributed by atoms with Gasteiger partial charge in [0, 0.05) is 21.5 Å². The predicted molar refractivity (Wildman–Crippen MR) is 73.6 cm³/mol. The van der Waals surface area contributed by atoms with E-state index in [9.17, 15) is 9.18 Å². The Balaban J connectivity index is 2.22. The van der Waals surface area contributed by atoms with Crippen LogP contribution in [0.2, 0.25) is 5.02 Å². The number of carbonyl (C=O) groups is 1. The van der Waals surface area contributed by atoms with E-state index in [0.29, 0.717) is 15.1 Å². The van der Waals surface area contributed by atoms with Crippen LogP contribution in [-0.2, 0) is 6.42 Å². The number of Topliss-reactive ketones (excluding diaryl/α,β-unsaturated/α-hetero) is 1. The van der Waals surface area contributed by atoms with Crippen molar-refractivity contribution < 1.29 is 9.18 Å². The van der Waals surface area contributed by atoms with Crippen LogP contribution in [0.1, 0.15) is 15.9 Å². The second-order valence-corrected chi connectivity index (χ2v) is 5.24. The molecule has 0 fully saturated rings. The highest BCUT2D eigenvalue weighted by atomic mass is 79.9. The maximum Gasteiger partial charge on any atom is 0.167 e. The molecular formula is C14H9BrClFO. The van der Waals surface area contributed by atoms with Crippen molar-refractivity contribution in [2.75, 3.05) is 0 Å². The van der Waals surface area contributed by atoms with Crippen LogP contribution in [0.3, 0.4) is 0 Å². The summed E-state index contributed by atoms with van der Waals surface area (Å²) in [5.41, 5.74) is 1.16. The van der Waals surface area contributed by atoms with E-state index >= 15 is 0 Å². The van der Waals surface area contributed by atoms with Gasteiger partial charge >= 0.3 is 0 Å². The maximum absolute atomic E-state index is 13.2. The Morgan fingerprint density at radius 3 is 2.67 bits per heavy atom. The lowest BCUT2D eigenvalue weighted by atomic mass is 10.0. The van der Waals surface area contributed by atoms with Crippen molar-refractivity contribution in [3.63, 3.8) is 0 Å². The molecule has 0 saturated carbocycles. The molecule has 1 nitrogen and oxygen atoms in total. The minimum atomic E-state index is -0.432. The second kappa shape index (κ2) is 5.63. The van der Waals surface area contributed by atoms with E-state index in [2.05, 4.69) is 15.9 Å². The zero-order valence-corrected chi connectivity index (χ0v) is 11.6. The topological polar surface area (TPSA) is 17.1 Å². The predicted octanol–water partition coefficient (Wildman–Crippen LogP) is 4.67. The lowest BCUT2D eigenvalue weighted by molar-refractivity contribution is 0.0992. The molecule has 0 saturated heterocycles. The van der Waals surface area contributed by atoms with Crippen LogP contribution in [0.4, 0.5) is 4.39 Å². The molecule has 4 heteroatoms. The van der Waals surface area contributed by atoms with E-state index in [0.717, 1.165) is 5.56 Å². The van der Waals surface area contributed by atoms with E-state index in [-0.39, 0.29) is 12.2 Å². The first-order chi connectivity index (χ1) is 8.54. The summed E-state index contributed by atoms with van der Waals surface area (Å²) in [5.74, 6) is -0.573. The Kier molecular flexibility index (Phi) is 4.15. The summed E-state index contributed by atoms with van der Waals surface area (Å²) in [7, 11) is 0. The summed E-state index contributed by atoms with van der Waals surface area (Å²) < 4.78 is 13.7. The van der Waals surface area contributed by atoms with Gasteiger partial charge in [-0.1, -0.05) is 39.7 Å². The van der Waals surface area contributed by atoms with Crippen molar-refractivity contribution in [1.29, 1.82) is 0 Å². The Morgan fingerprint density at radius 1 is 1.22 bits per heavy atom. The molecule has 0 aliphatic carbocycles. The van der Waals surface area contributed by atoms with Gasteiger partial charge in [-0.25, -0.2) is 4.39 Å². The molecule has 0 radical (unpaired) electrons. The Labute approximate surface area is 118 Å². The number of carbonyl (C=O) groups excluding carboxylic acids is 1. The highest BCUT2D eigenvalue weighted by Gasteiger charge is 2.09. The van der Waals surface area contributed by atoms with Crippen LogP contribution in [0.5, 0.6) is 0 Å². The average Bonchev–Trinajstić information content (AvgIpc) is 2.27. The van der Waals surface area contributed by atoms with Crippen LogP contribution in [0, 0.1) is 5.82 Å². The number of benzene rings is 2. The molecule has 0 heterocycles. The lowest BCUT2D eigenvalue weighted by Gasteiger charge is -2.03. The number of hydrogen-bond acceptors (Lipinski definition) is 1. The lowest BCUT2D eigenvalue weighted by Crippen LogP contribution is -2.04. The van der Waals surface area contributed by atoms with Crippen molar-refractivity contribution in [2.45, 2.75) is 6.42 Å². The summed E-state index contributed by atoms with van der Waals surface area (Å²) >= 11 is 9.01. The van der Waals surface area contributed by atoms with Crippen LogP contribution in [0.15, 0.2) is 46.9 Å². The Hall–Kier alpha value is -1.19. The third kappa shape index (κ3) is 3.40. The molecule has 2 aromatic rings. The van der Waals surface area contributed by atoms with Gasteiger partial charge in [-0.2, -0.15) is 0 Å². The molecule has 0 N–H and O–H groups in total. The molecule has 0 aliphatic heterocycles. The normalized spacial score (nSPS) is 10.4. The third-order valence-corrected chi connectivity index (χ3v) is 3.13. The van der Waals surface area contributed by atoms with Gasteiger partial charge in [0.25, 0.3) is 0 Å². The summed E-state index contributed by atoms with van der Waals surface area (Å²) in [5, 5.41) is 0.584. The van der Waals surface area contributed by atoms with Crippen molar-refractivity contribution >= 4 is 33.3 Å². The van der Waals surface area contributed by atoms with Gasteiger partial charge in [-0.3, -0.25) is 4.79 Å². The van der Waals surface area contributed by atoms with Gasteiger partial charge in [0.15, 0.2) is 5.78 Å². The van der Waals surface area contributed by atoms with Crippen LogP contribution in [0.25, 0.3) is 0 Å². The standard InChI is InChI=1S/C14H9BrClFO/c15-11-6-10(7-13(17)8-11)14(18)5-9-2-1-3-12(16)4-9/h1-4,6-8H,5H2. The van der Waals surface area contributed by atoms with Crippen LogP contribution < -0.4 is 0 Å². The number of rotatable bonds is 3. The fourth-order valence-corrected chi connectivity index (χ4v) is 2.33. The van der Waals surface area contributed by atoms with E-state index < -0.39 is 5.82 Å². The molecule has 92 valence electrons. The fraction of sp³-hybridized carbons (Fsp3) is 0.0714. The summed E-state index contributed by atoms with van der Waals surface area (Å²) in [6.07, 6.45) is 0.205. The fourth-order valence-electron chi connectivity index (χ4n) is 1.65. The molecular weight excluding hydrogens is 319 g/mol. The highest BCUT2D eigenvalue weighted by molar-refractivity contribution is 9.10. The van der Waals surface area contributed by atoms with Crippen molar-refractivity contribution in [3.05, 3.63) is 68.9 Å². The second-order valence-electron chi connectivity index (χ2n) is 3.89. The Morgan fingerprint density at radius 2 is 2.00 bits per heavy atom. The number of ketones is 1. The smallest absolute Gasteiger partial charge is 0.167 e. The SMILES string of the molecule is O=C(Cc1cccc(Cl)c1)c1cc(F)cc(Br)c1. The first-order valence-corrected chi connectivity index (χ1v) is 6.45. The summed E-state index contributed by atoms with van der Waals surface area (Å²) in [6, 6.07) is 11.2. The first-order valence-electron chi connectivity index (χ1n) is 5.28. The maximum atomic E-state index is 13.2. The van der Waals surface area contributed by atoms with Gasteiger partial charge in [0.05, 0.1) is 0 Å². The van der Waals surface area contributed by atoms with Crippen molar-refractivity contribution in [1.82, 2.24) is 0 Å². The van der Waals surface area contributed by atoms with Crippen molar-refractivity contribution in [3.8, 4) is 0 Å². The molecule has 2 rings (SSSR count). The molecule has 0 aromatic heterocycles. The largest absolute Gasteiger partial charge is 0.294 e. The number of halogens is 3. The molecule has 0 atom stereocenters. The van der Waals surface area contributed by atoms with Crippen LogP contribution >= 0.6 is 27.5 Å². The van der Waals surface area contributed by atoms with Gasteiger partial charge < -0.3 is 0 Å². The molecule has 0 bridgehead atoms. The zero-order valence-electron chi connectivity index (χ0n) is 9.29. The van der Waals surface area contributed by atoms with Gasteiger partial charge in [-0.05, 0) is 35.9 Å². The average molecular weight is 328 g/mol. The summed E-state index contributed by atoms with van der Waals surface area (Å²) in [6.45, 7) is 0. The molecule has 0 spiro atoms. The van der Waals surface area contributed by atoms with E-state index in [4.69, 9.17) is 11.6 Å².